The number of urea groups is 1. The maximum absolute atomic E-state index is 12.9. The van der Waals surface area contributed by atoms with E-state index in [-0.39, 0.29) is 18.4 Å². The molecule has 0 radical (unpaired) electrons. The zero-order chi connectivity index (χ0) is 21.6. The number of carbonyl (C=O) groups is 3. The molecule has 2 heterocycles. The van der Waals surface area contributed by atoms with Gasteiger partial charge in [0.25, 0.3) is 5.91 Å². The molecule has 2 aliphatic rings. The normalized spacial score (nSPS) is 19.1. The first kappa shape index (κ1) is 22.6. The van der Waals surface area contributed by atoms with Crippen LogP contribution in [0.5, 0.6) is 0 Å². The van der Waals surface area contributed by atoms with Crippen LogP contribution in [0.15, 0.2) is 24.3 Å². The fourth-order valence-electron chi connectivity index (χ4n) is 4.25. The number of nitrogens with zero attached hydrogens (tertiary/aromatic N) is 2. The van der Waals surface area contributed by atoms with Crippen LogP contribution in [-0.4, -0.2) is 64.3 Å². The minimum Gasteiger partial charge on any atom is -0.325 e. The summed E-state index contributed by atoms with van der Waals surface area (Å²) in [6.07, 6.45) is 2.74. The highest BCUT2D eigenvalue weighted by Gasteiger charge is 2.50. The van der Waals surface area contributed by atoms with Gasteiger partial charge >= 0.3 is 6.03 Å². The van der Waals surface area contributed by atoms with Gasteiger partial charge in [0.05, 0.1) is 0 Å². The van der Waals surface area contributed by atoms with Gasteiger partial charge in [-0.05, 0) is 30.5 Å². The van der Waals surface area contributed by atoms with Crippen molar-refractivity contribution in [2.75, 3.05) is 36.5 Å². The molecule has 0 saturated carbocycles. The Morgan fingerprint density at radius 2 is 1.87 bits per heavy atom. The smallest absolute Gasteiger partial charge is 0.325 e. The maximum atomic E-state index is 12.9. The third-order valence-electron chi connectivity index (χ3n) is 5.62. The fraction of sp³-hybridized carbons (Fsp3) is 0.591. The molecule has 164 valence electrons. The molecule has 1 aromatic carbocycles. The molecule has 0 bridgehead atoms. The van der Waals surface area contributed by atoms with E-state index in [1.807, 2.05) is 43.8 Å². The summed E-state index contributed by atoms with van der Waals surface area (Å²) in [6.45, 7) is 6.71. The number of rotatable bonds is 9. The number of thioether (sulfide) groups is 1. The van der Waals surface area contributed by atoms with Crippen LogP contribution in [0.25, 0.3) is 0 Å². The fourth-order valence-corrected chi connectivity index (χ4v) is 5.22. The molecule has 2 N–H and O–H groups in total. The topological polar surface area (TPSA) is 81.8 Å². The van der Waals surface area contributed by atoms with Gasteiger partial charge in [0.15, 0.2) is 0 Å². The number of imide groups is 1. The number of hydrogen-bond acceptors (Lipinski definition) is 5. The van der Waals surface area contributed by atoms with E-state index < -0.39 is 11.6 Å². The quantitative estimate of drug-likeness (QED) is 0.586. The third kappa shape index (κ3) is 5.35. The summed E-state index contributed by atoms with van der Waals surface area (Å²) in [4.78, 5) is 41.4. The molecular weight excluding hydrogens is 400 g/mol. The van der Waals surface area contributed by atoms with Crippen molar-refractivity contribution in [1.82, 2.24) is 15.1 Å². The third-order valence-corrected chi connectivity index (χ3v) is 6.56. The zero-order valence-corrected chi connectivity index (χ0v) is 18.7. The summed E-state index contributed by atoms with van der Waals surface area (Å²) in [7, 11) is 0. The molecule has 7 nitrogen and oxygen atoms in total. The Bertz CT molecular complexity index is 773. The predicted octanol–water partition coefficient (Wildman–Crippen LogP) is 3.06. The van der Waals surface area contributed by atoms with Gasteiger partial charge in [-0.25, -0.2) is 4.79 Å². The van der Waals surface area contributed by atoms with Crippen LogP contribution in [0.2, 0.25) is 0 Å². The van der Waals surface area contributed by atoms with Gasteiger partial charge < -0.3 is 10.6 Å². The first-order chi connectivity index (χ1) is 14.5. The lowest BCUT2D eigenvalue weighted by molar-refractivity contribution is -0.134. The van der Waals surface area contributed by atoms with Gasteiger partial charge in [0, 0.05) is 36.8 Å². The van der Waals surface area contributed by atoms with E-state index in [9.17, 15) is 14.4 Å². The van der Waals surface area contributed by atoms with Gasteiger partial charge in [-0.15, -0.1) is 0 Å². The molecule has 0 aromatic heterocycles. The zero-order valence-electron chi connectivity index (χ0n) is 17.9. The Morgan fingerprint density at radius 3 is 2.53 bits per heavy atom. The van der Waals surface area contributed by atoms with Crippen LogP contribution in [-0.2, 0) is 16.1 Å². The van der Waals surface area contributed by atoms with Crippen molar-refractivity contribution in [1.29, 1.82) is 0 Å². The highest BCUT2D eigenvalue weighted by Crippen LogP contribution is 2.28. The standard InChI is InChI=1S/C22H32N4O3S/c1-3-8-22(9-4-2)20(28)26(21(29)24-22)16-19(27)23-18-7-5-6-17(14-18)15-25-10-12-30-13-11-25/h5-7,14H,3-4,8-13,15-16H2,1-2H3,(H,23,27)(H,24,29). The summed E-state index contributed by atoms with van der Waals surface area (Å²) < 4.78 is 0. The number of amides is 4. The monoisotopic (exact) mass is 432 g/mol. The van der Waals surface area contributed by atoms with E-state index >= 15 is 0 Å². The molecule has 2 aliphatic heterocycles. The number of carbonyl (C=O) groups excluding carboxylic acids is 3. The van der Waals surface area contributed by atoms with Crippen LogP contribution < -0.4 is 10.6 Å². The minimum absolute atomic E-state index is 0.270. The first-order valence-electron chi connectivity index (χ1n) is 10.8. The lowest BCUT2D eigenvalue weighted by atomic mass is 9.88. The summed E-state index contributed by atoms with van der Waals surface area (Å²) in [6, 6.07) is 7.29. The van der Waals surface area contributed by atoms with Crippen LogP contribution in [0, 0.1) is 0 Å². The molecule has 30 heavy (non-hydrogen) atoms. The number of nitrogens with one attached hydrogen (secondary N) is 2. The molecule has 0 spiro atoms. The number of benzene rings is 1. The Labute approximate surface area is 182 Å². The molecule has 3 rings (SSSR count). The van der Waals surface area contributed by atoms with Crippen molar-refractivity contribution in [3.63, 3.8) is 0 Å². The summed E-state index contributed by atoms with van der Waals surface area (Å²) in [5.74, 6) is 1.65. The van der Waals surface area contributed by atoms with E-state index in [2.05, 4.69) is 21.6 Å². The maximum Gasteiger partial charge on any atom is 0.325 e. The minimum atomic E-state index is -0.868. The molecule has 1 aromatic rings. The molecule has 8 heteroatoms. The molecular formula is C22H32N4O3S. The van der Waals surface area contributed by atoms with Gasteiger partial charge in [-0.3, -0.25) is 19.4 Å². The van der Waals surface area contributed by atoms with Crippen molar-refractivity contribution in [3.05, 3.63) is 29.8 Å². The SMILES string of the molecule is CCCC1(CCC)NC(=O)N(CC(=O)Nc2cccc(CN3CCSCC3)c2)C1=O. The van der Waals surface area contributed by atoms with E-state index in [1.54, 1.807) is 0 Å². The largest absolute Gasteiger partial charge is 0.325 e. The van der Waals surface area contributed by atoms with Crippen molar-refractivity contribution in [2.24, 2.45) is 0 Å². The molecule has 4 amide bonds. The van der Waals surface area contributed by atoms with Gasteiger partial charge in [-0.1, -0.05) is 38.8 Å². The van der Waals surface area contributed by atoms with E-state index in [1.165, 1.54) is 0 Å². The molecule has 0 unspecified atom stereocenters. The first-order valence-corrected chi connectivity index (χ1v) is 12.0. The average molecular weight is 433 g/mol. The Morgan fingerprint density at radius 1 is 1.17 bits per heavy atom. The van der Waals surface area contributed by atoms with Crippen molar-refractivity contribution >= 4 is 35.3 Å². The lowest BCUT2D eigenvalue weighted by Gasteiger charge is -2.26. The van der Waals surface area contributed by atoms with Gasteiger partial charge in [0.1, 0.15) is 12.1 Å². The molecule has 2 fully saturated rings. The Hall–Kier alpha value is -2.06. The molecule has 2 saturated heterocycles. The highest BCUT2D eigenvalue weighted by molar-refractivity contribution is 7.99. The van der Waals surface area contributed by atoms with Gasteiger partial charge in [-0.2, -0.15) is 11.8 Å². The Kier molecular flexibility index (Phi) is 7.77. The van der Waals surface area contributed by atoms with Crippen LogP contribution >= 0.6 is 11.8 Å². The van der Waals surface area contributed by atoms with Crippen LogP contribution in [0.3, 0.4) is 0 Å². The van der Waals surface area contributed by atoms with Crippen LogP contribution in [0.1, 0.15) is 45.1 Å². The second kappa shape index (κ2) is 10.3. The second-order valence-electron chi connectivity index (χ2n) is 8.04. The Balaban J connectivity index is 1.60. The van der Waals surface area contributed by atoms with E-state index in [0.29, 0.717) is 18.5 Å². The highest BCUT2D eigenvalue weighted by atomic mass is 32.2. The van der Waals surface area contributed by atoms with Crippen molar-refractivity contribution < 1.29 is 14.4 Å². The molecule has 0 aliphatic carbocycles. The van der Waals surface area contributed by atoms with Gasteiger partial charge in [0.2, 0.25) is 5.91 Å². The summed E-state index contributed by atoms with van der Waals surface area (Å²) in [5.41, 5.74) is 0.956. The van der Waals surface area contributed by atoms with Crippen molar-refractivity contribution in [3.8, 4) is 0 Å². The van der Waals surface area contributed by atoms with E-state index in [0.717, 1.165) is 54.4 Å². The number of hydrogen-bond donors (Lipinski definition) is 2. The summed E-state index contributed by atoms with van der Waals surface area (Å²) in [5, 5.41) is 5.69. The van der Waals surface area contributed by atoms with Crippen LogP contribution in [0.4, 0.5) is 10.5 Å². The average Bonchev–Trinajstić information content (AvgIpc) is 2.94. The number of anilines is 1. The molecule has 0 atom stereocenters. The second-order valence-corrected chi connectivity index (χ2v) is 9.27. The predicted molar refractivity (Wildman–Crippen MR) is 120 cm³/mol. The summed E-state index contributed by atoms with van der Waals surface area (Å²) >= 11 is 1.98. The van der Waals surface area contributed by atoms with E-state index in [4.69, 9.17) is 0 Å². The lowest BCUT2D eigenvalue weighted by Crippen LogP contribution is -2.47. The van der Waals surface area contributed by atoms with Crippen molar-refractivity contribution in [2.45, 2.75) is 51.6 Å².